The Balaban J connectivity index is 1.90. The molecule has 0 amide bonds. The minimum atomic E-state index is -3.79. The van der Waals surface area contributed by atoms with Crippen molar-refractivity contribution in [1.29, 1.82) is 0 Å². The van der Waals surface area contributed by atoms with E-state index in [-0.39, 0.29) is 17.0 Å². The van der Waals surface area contributed by atoms with Crippen molar-refractivity contribution in [2.45, 2.75) is 30.3 Å². The fourth-order valence-corrected chi connectivity index (χ4v) is 5.48. The highest BCUT2D eigenvalue weighted by atomic mass is 35.5. The monoisotopic (exact) mass is 412 g/mol. The summed E-state index contributed by atoms with van der Waals surface area (Å²) in [6, 6.07) is 23.3. The molecule has 1 heterocycles. The average molecular weight is 413 g/mol. The Morgan fingerprint density at radius 2 is 1.57 bits per heavy atom. The van der Waals surface area contributed by atoms with Gasteiger partial charge in [0, 0.05) is 16.8 Å². The van der Waals surface area contributed by atoms with E-state index in [9.17, 15) is 8.42 Å². The number of sulfonamides is 1. The van der Waals surface area contributed by atoms with Crippen LogP contribution in [-0.4, -0.2) is 14.5 Å². The number of hydrogen-bond acceptors (Lipinski definition) is 3. The molecule has 144 valence electrons. The zero-order valence-corrected chi connectivity index (χ0v) is 17.0. The van der Waals surface area contributed by atoms with Crippen molar-refractivity contribution in [2.75, 3.05) is 9.62 Å². The summed E-state index contributed by atoms with van der Waals surface area (Å²) in [5, 5.41) is 3.96. The van der Waals surface area contributed by atoms with Gasteiger partial charge in [-0.25, -0.2) is 8.42 Å². The van der Waals surface area contributed by atoms with Crippen LogP contribution in [-0.2, 0) is 10.0 Å². The molecule has 0 saturated heterocycles. The van der Waals surface area contributed by atoms with Crippen LogP contribution in [0.15, 0.2) is 83.8 Å². The minimum absolute atomic E-state index is 0.145. The van der Waals surface area contributed by atoms with Crippen molar-refractivity contribution in [3.8, 4) is 0 Å². The number of nitrogens with zero attached hydrogens (tertiary/aromatic N) is 1. The van der Waals surface area contributed by atoms with Crippen molar-refractivity contribution in [3.05, 3.63) is 89.4 Å². The number of anilines is 2. The lowest BCUT2D eigenvalue weighted by Gasteiger charge is -2.39. The van der Waals surface area contributed by atoms with E-state index in [2.05, 4.69) is 12.2 Å². The van der Waals surface area contributed by atoms with Crippen LogP contribution in [0.3, 0.4) is 0 Å². The van der Waals surface area contributed by atoms with Gasteiger partial charge in [-0.15, -0.1) is 0 Å². The van der Waals surface area contributed by atoms with Crippen molar-refractivity contribution < 1.29 is 8.42 Å². The first-order valence-corrected chi connectivity index (χ1v) is 11.0. The standard InChI is InChI=1S/C22H21ClN2O2S/c1-16-15-22(20-9-5-6-10-21(20)24-16)25(18-7-3-2-4-8-18)28(26,27)19-13-11-17(23)12-14-19/h2-14,16,22,24H,15H2,1H3/t16-,22+/m0/s1. The van der Waals surface area contributed by atoms with Crippen LogP contribution >= 0.6 is 11.6 Å². The second-order valence-corrected chi connectivity index (χ2v) is 9.23. The topological polar surface area (TPSA) is 49.4 Å². The molecule has 0 aromatic heterocycles. The van der Waals surface area contributed by atoms with Crippen LogP contribution < -0.4 is 9.62 Å². The Labute approximate surface area is 170 Å². The molecule has 0 saturated carbocycles. The number of fused-ring (bicyclic) bond motifs is 1. The van der Waals surface area contributed by atoms with Crippen LogP contribution in [0.2, 0.25) is 5.02 Å². The summed E-state index contributed by atoms with van der Waals surface area (Å²) >= 11 is 5.98. The lowest BCUT2D eigenvalue weighted by atomic mass is 9.93. The first-order chi connectivity index (χ1) is 13.5. The van der Waals surface area contributed by atoms with Gasteiger partial charge in [0.1, 0.15) is 0 Å². The number of rotatable bonds is 4. The summed E-state index contributed by atoms with van der Waals surface area (Å²) in [5.74, 6) is 0. The Morgan fingerprint density at radius 3 is 2.29 bits per heavy atom. The first-order valence-electron chi connectivity index (χ1n) is 9.17. The molecule has 2 atom stereocenters. The van der Waals surface area contributed by atoms with Crippen LogP contribution in [0.4, 0.5) is 11.4 Å². The SMILES string of the molecule is C[C@H]1C[C@@H](N(c2ccccc2)S(=O)(=O)c2ccc(Cl)cc2)c2ccccc2N1. The number of benzene rings is 3. The van der Waals surface area contributed by atoms with Crippen molar-refractivity contribution in [2.24, 2.45) is 0 Å². The molecule has 4 rings (SSSR count). The molecular weight excluding hydrogens is 392 g/mol. The molecule has 3 aromatic rings. The number of para-hydroxylation sites is 2. The maximum Gasteiger partial charge on any atom is 0.264 e. The summed E-state index contributed by atoms with van der Waals surface area (Å²) in [4.78, 5) is 0.226. The fourth-order valence-electron chi connectivity index (χ4n) is 3.71. The molecule has 0 radical (unpaired) electrons. The normalized spacial score (nSPS) is 18.8. The number of nitrogens with one attached hydrogen (secondary N) is 1. The molecular formula is C22H21ClN2O2S. The third-order valence-electron chi connectivity index (χ3n) is 4.96. The van der Waals surface area contributed by atoms with E-state index in [0.29, 0.717) is 17.1 Å². The van der Waals surface area contributed by atoms with E-state index in [0.717, 1.165) is 11.3 Å². The Morgan fingerprint density at radius 1 is 0.929 bits per heavy atom. The predicted octanol–water partition coefficient (Wildman–Crippen LogP) is 5.48. The lowest BCUT2D eigenvalue weighted by molar-refractivity contribution is 0.541. The molecule has 1 aliphatic rings. The van der Waals surface area contributed by atoms with Gasteiger partial charge < -0.3 is 5.32 Å². The Hall–Kier alpha value is -2.50. The molecule has 0 aliphatic carbocycles. The molecule has 4 nitrogen and oxygen atoms in total. The summed E-state index contributed by atoms with van der Waals surface area (Å²) in [5.41, 5.74) is 2.59. The number of hydrogen-bond donors (Lipinski definition) is 1. The zero-order valence-electron chi connectivity index (χ0n) is 15.4. The van der Waals surface area contributed by atoms with E-state index in [1.165, 1.54) is 0 Å². The van der Waals surface area contributed by atoms with Gasteiger partial charge in [-0.2, -0.15) is 0 Å². The molecule has 1 N–H and O–H groups in total. The van der Waals surface area contributed by atoms with Gasteiger partial charge in [-0.1, -0.05) is 48.0 Å². The summed E-state index contributed by atoms with van der Waals surface area (Å²) in [7, 11) is -3.79. The van der Waals surface area contributed by atoms with Crippen molar-refractivity contribution >= 4 is 33.0 Å². The van der Waals surface area contributed by atoms with Gasteiger partial charge in [-0.3, -0.25) is 4.31 Å². The summed E-state index contributed by atoms with van der Waals surface area (Å²) in [6.45, 7) is 2.07. The van der Waals surface area contributed by atoms with Crippen LogP contribution in [0.25, 0.3) is 0 Å². The van der Waals surface area contributed by atoms with Crippen LogP contribution in [0, 0.1) is 0 Å². The Bertz CT molecular complexity index is 1070. The molecule has 0 bridgehead atoms. The second-order valence-electron chi connectivity index (χ2n) is 6.97. The first kappa shape index (κ1) is 18.8. The fraction of sp³-hybridized carbons (Fsp3) is 0.182. The molecule has 6 heteroatoms. The van der Waals surface area contributed by atoms with E-state index in [4.69, 9.17) is 11.6 Å². The predicted molar refractivity (Wildman–Crippen MR) is 114 cm³/mol. The largest absolute Gasteiger partial charge is 0.382 e. The maximum absolute atomic E-state index is 13.7. The van der Waals surface area contributed by atoms with E-state index in [1.54, 1.807) is 28.6 Å². The zero-order chi connectivity index (χ0) is 19.7. The third kappa shape index (κ3) is 3.48. The van der Waals surface area contributed by atoms with Gasteiger partial charge in [0.25, 0.3) is 10.0 Å². The van der Waals surface area contributed by atoms with Crippen LogP contribution in [0.1, 0.15) is 24.9 Å². The smallest absolute Gasteiger partial charge is 0.264 e. The number of halogens is 1. The molecule has 28 heavy (non-hydrogen) atoms. The van der Waals surface area contributed by atoms with Crippen molar-refractivity contribution in [1.82, 2.24) is 0 Å². The highest BCUT2D eigenvalue weighted by molar-refractivity contribution is 7.92. The highest BCUT2D eigenvalue weighted by Crippen LogP contribution is 2.41. The Kier molecular flexibility index (Phi) is 5.04. The van der Waals surface area contributed by atoms with Crippen LogP contribution in [0.5, 0.6) is 0 Å². The third-order valence-corrected chi connectivity index (χ3v) is 7.07. The summed E-state index contributed by atoms with van der Waals surface area (Å²) < 4.78 is 29.0. The molecule has 0 unspecified atom stereocenters. The van der Waals surface area contributed by atoms with Crippen molar-refractivity contribution in [3.63, 3.8) is 0 Å². The molecule has 0 fully saturated rings. The summed E-state index contributed by atoms with van der Waals surface area (Å²) in [6.07, 6.45) is 0.665. The molecule has 1 aliphatic heterocycles. The van der Waals surface area contributed by atoms with Gasteiger partial charge in [0.2, 0.25) is 0 Å². The quantitative estimate of drug-likeness (QED) is 0.617. The van der Waals surface area contributed by atoms with E-state index >= 15 is 0 Å². The van der Waals surface area contributed by atoms with Gasteiger partial charge >= 0.3 is 0 Å². The van der Waals surface area contributed by atoms with Gasteiger partial charge in [0.15, 0.2) is 0 Å². The van der Waals surface area contributed by atoms with E-state index < -0.39 is 10.0 Å². The minimum Gasteiger partial charge on any atom is -0.382 e. The highest BCUT2D eigenvalue weighted by Gasteiger charge is 2.36. The molecule has 3 aromatic carbocycles. The van der Waals surface area contributed by atoms with Gasteiger partial charge in [-0.05, 0) is 61.4 Å². The maximum atomic E-state index is 13.7. The second kappa shape index (κ2) is 7.49. The van der Waals surface area contributed by atoms with Gasteiger partial charge in [0.05, 0.1) is 16.6 Å². The van der Waals surface area contributed by atoms with E-state index in [1.807, 2.05) is 54.6 Å². The molecule has 0 spiro atoms. The average Bonchev–Trinajstić information content (AvgIpc) is 2.69. The lowest BCUT2D eigenvalue weighted by Crippen LogP contribution is -2.40.